The molecule has 0 fully saturated rings. The maximum atomic E-state index is 13.1. The molecule has 0 unspecified atom stereocenters. The maximum absolute atomic E-state index is 13.1. The molecule has 0 saturated carbocycles. The third kappa shape index (κ3) is 4.82. The minimum absolute atomic E-state index is 0.156. The summed E-state index contributed by atoms with van der Waals surface area (Å²) in [4.78, 5) is 0. The zero-order chi connectivity index (χ0) is 13.4. The van der Waals surface area contributed by atoms with Gasteiger partial charge in [-0.1, -0.05) is 13.3 Å². The molecule has 0 aromatic heterocycles. The van der Waals surface area contributed by atoms with Crippen LogP contribution in [0.2, 0.25) is 0 Å². The van der Waals surface area contributed by atoms with Gasteiger partial charge in [0.05, 0.1) is 12.8 Å². The highest BCUT2D eigenvalue weighted by Gasteiger charge is 2.03. The summed E-state index contributed by atoms with van der Waals surface area (Å²) in [5.74, 6) is 0.0273. The molecule has 0 amide bonds. The molecule has 0 spiro atoms. The first-order valence-corrected chi connectivity index (χ1v) is 5.67. The van der Waals surface area contributed by atoms with Crippen LogP contribution in [0.3, 0.4) is 0 Å². The number of guanidine groups is 1. The van der Waals surface area contributed by atoms with Gasteiger partial charge in [0.2, 0.25) is 5.96 Å². The summed E-state index contributed by atoms with van der Waals surface area (Å²) in [5.41, 5.74) is 10.8. The van der Waals surface area contributed by atoms with Crippen LogP contribution in [0.5, 0.6) is 5.75 Å². The van der Waals surface area contributed by atoms with E-state index in [-0.39, 0.29) is 11.8 Å². The van der Waals surface area contributed by atoms with Gasteiger partial charge < -0.3 is 16.2 Å². The molecule has 6 heteroatoms. The van der Waals surface area contributed by atoms with Crippen molar-refractivity contribution in [1.29, 1.82) is 0 Å². The van der Waals surface area contributed by atoms with Crippen molar-refractivity contribution < 1.29 is 9.13 Å². The Morgan fingerprint density at radius 3 is 2.89 bits per heavy atom. The van der Waals surface area contributed by atoms with Crippen molar-refractivity contribution in [3.63, 3.8) is 0 Å². The second kappa shape index (κ2) is 7.26. The molecule has 1 aromatic rings. The lowest BCUT2D eigenvalue weighted by Crippen LogP contribution is -2.21. The maximum Gasteiger partial charge on any atom is 0.211 e. The van der Waals surface area contributed by atoms with E-state index in [0.29, 0.717) is 17.9 Å². The Morgan fingerprint density at radius 1 is 1.44 bits per heavy atom. The van der Waals surface area contributed by atoms with Gasteiger partial charge in [-0.25, -0.2) is 4.39 Å². The van der Waals surface area contributed by atoms with Gasteiger partial charge in [-0.2, -0.15) is 5.10 Å². The number of hydrogen-bond donors (Lipinski definition) is 2. The first-order valence-electron chi connectivity index (χ1n) is 5.67. The normalized spacial score (nSPS) is 10.6. The zero-order valence-electron chi connectivity index (χ0n) is 10.3. The fourth-order valence-corrected chi connectivity index (χ4v) is 1.24. The molecule has 0 saturated heterocycles. The van der Waals surface area contributed by atoms with Gasteiger partial charge in [0, 0.05) is 5.56 Å². The second-order valence-corrected chi connectivity index (χ2v) is 3.65. The third-order valence-corrected chi connectivity index (χ3v) is 2.10. The molecule has 4 N–H and O–H groups in total. The van der Waals surface area contributed by atoms with Crippen LogP contribution in [0.25, 0.3) is 0 Å². The molecular weight excluding hydrogens is 235 g/mol. The molecule has 0 aliphatic carbocycles. The van der Waals surface area contributed by atoms with Crippen molar-refractivity contribution in [2.75, 3.05) is 6.61 Å². The molecule has 5 nitrogen and oxygen atoms in total. The predicted octanol–water partition coefficient (Wildman–Crippen LogP) is 1.61. The topological polar surface area (TPSA) is 86.0 Å². The van der Waals surface area contributed by atoms with Crippen molar-refractivity contribution >= 4 is 12.2 Å². The minimum atomic E-state index is -0.371. The van der Waals surface area contributed by atoms with E-state index in [4.69, 9.17) is 16.2 Å². The SMILES string of the molecule is CCCCOc1ccc(F)cc1C=NN=C(N)N. The average Bonchev–Trinajstić information content (AvgIpc) is 2.31. The molecule has 0 aliphatic rings. The van der Waals surface area contributed by atoms with Crippen molar-refractivity contribution in [3.8, 4) is 5.75 Å². The van der Waals surface area contributed by atoms with Crippen LogP contribution >= 0.6 is 0 Å². The van der Waals surface area contributed by atoms with Gasteiger partial charge in [0.15, 0.2) is 0 Å². The first-order chi connectivity index (χ1) is 8.63. The molecule has 0 heterocycles. The Balaban J connectivity index is 2.82. The summed E-state index contributed by atoms with van der Waals surface area (Å²) in [6.45, 7) is 2.64. The highest BCUT2D eigenvalue weighted by Crippen LogP contribution is 2.18. The molecular formula is C12H17FN4O. The Hall–Kier alpha value is -2.11. The van der Waals surface area contributed by atoms with E-state index >= 15 is 0 Å². The number of nitrogens with two attached hydrogens (primary N) is 2. The molecule has 98 valence electrons. The summed E-state index contributed by atoms with van der Waals surface area (Å²) < 4.78 is 18.6. The van der Waals surface area contributed by atoms with Crippen LogP contribution in [0.4, 0.5) is 4.39 Å². The Bertz CT molecular complexity index is 442. The second-order valence-electron chi connectivity index (χ2n) is 3.65. The van der Waals surface area contributed by atoms with Crippen molar-refractivity contribution in [3.05, 3.63) is 29.6 Å². The standard InChI is InChI=1S/C12H17FN4O/c1-2-3-6-18-11-5-4-10(13)7-9(11)8-16-17-12(14)15/h4-5,7-8H,2-3,6H2,1H3,(H4,14,15,17). The van der Waals surface area contributed by atoms with Gasteiger partial charge in [0.25, 0.3) is 0 Å². The van der Waals surface area contributed by atoms with Crippen molar-refractivity contribution in [1.82, 2.24) is 0 Å². The molecule has 0 atom stereocenters. The van der Waals surface area contributed by atoms with Crippen LogP contribution < -0.4 is 16.2 Å². The monoisotopic (exact) mass is 252 g/mol. The van der Waals surface area contributed by atoms with Gasteiger partial charge in [0.1, 0.15) is 11.6 Å². The van der Waals surface area contributed by atoms with Crippen LogP contribution in [0, 0.1) is 5.82 Å². The lowest BCUT2D eigenvalue weighted by atomic mass is 10.2. The number of unbranched alkanes of at least 4 members (excludes halogenated alkanes) is 1. The molecule has 0 radical (unpaired) electrons. The van der Waals surface area contributed by atoms with E-state index in [1.807, 2.05) is 0 Å². The lowest BCUT2D eigenvalue weighted by Gasteiger charge is -2.08. The number of nitrogens with zero attached hydrogens (tertiary/aromatic N) is 2. The fourth-order valence-electron chi connectivity index (χ4n) is 1.24. The molecule has 1 aromatic carbocycles. The number of benzene rings is 1. The quantitative estimate of drug-likeness (QED) is 0.349. The lowest BCUT2D eigenvalue weighted by molar-refractivity contribution is 0.308. The van der Waals surface area contributed by atoms with Gasteiger partial charge in [-0.3, -0.25) is 0 Å². The highest BCUT2D eigenvalue weighted by atomic mass is 19.1. The smallest absolute Gasteiger partial charge is 0.211 e. The summed E-state index contributed by atoms with van der Waals surface area (Å²) in [6, 6.07) is 4.20. The van der Waals surface area contributed by atoms with E-state index in [0.717, 1.165) is 12.8 Å². The zero-order valence-corrected chi connectivity index (χ0v) is 10.3. The summed E-state index contributed by atoms with van der Waals surface area (Å²) in [7, 11) is 0. The largest absolute Gasteiger partial charge is 0.493 e. The van der Waals surface area contributed by atoms with E-state index in [2.05, 4.69) is 17.1 Å². The van der Waals surface area contributed by atoms with Crippen LogP contribution in [-0.2, 0) is 0 Å². The van der Waals surface area contributed by atoms with Gasteiger partial charge in [-0.05, 0) is 24.6 Å². The number of hydrogen-bond acceptors (Lipinski definition) is 3. The van der Waals surface area contributed by atoms with Crippen LogP contribution in [0.1, 0.15) is 25.3 Å². The van der Waals surface area contributed by atoms with E-state index < -0.39 is 0 Å². The van der Waals surface area contributed by atoms with Gasteiger partial charge >= 0.3 is 0 Å². The van der Waals surface area contributed by atoms with E-state index in [1.54, 1.807) is 6.07 Å². The number of rotatable bonds is 6. The van der Waals surface area contributed by atoms with E-state index in [9.17, 15) is 4.39 Å². The Morgan fingerprint density at radius 2 is 2.22 bits per heavy atom. The van der Waals surface area contributed by atoms with E-state index in [1.165, 1.54) is 18.3 Å². The third-order valence-electron chi connectivity index (χ3n) is 2.10. The summed E-state index contributed by atoms with van der Waals surface area (Å²) >= 11 is 0. The molecule has 0 bridgehead atoms. The first kappa shape index (κ1) is 14.0. The summed E-state index contributed by atoms with van der Waals surface area (Å²) in [6.07, 6.45) is 3.31. The predicted molar refractivity (Wildman–Crippen MR) is 70.2 cm³/mol. The molecule has 0 aliphatic heterocycles. The van der Waals surface area contributed by atoms with Crippen molar-refractivity contribution in [2.24, 2.45) is 21.7 Å². The van der Waals surface area contributed by atoms with Crippen LogP contribution in [-0.4, -0.2) is 18.8 Å². The Kier molecular flexibility index (Phi) is 5.63. The fraction of sp³-hybridized carbons (Fsp3) is 0.333. The molecule has 1 rings (SSSR count). The molecule has 18 heavy (non-hydrogen) atoms. The highest BCUT2D eigenvalue weighted by molar-refractivity contribution is 5.84. The average molecular weight is 252 g/mol. The number of ether oxygens (including phenoxy) is 1. The number of halogens is 1. The van der Waals surface area contributed by atoms with Crippen molar-refractivity contribution in [2.45, 2.75) is 19.8 Å². The minimum Gasteiger partial charge on any atom is -0.493 e. The Labute approximate surface area is 105 Å². The van der Waals surface area contributed by atoms with Crippen LogP contribution in [0.15, 0.2) is 28.4 Å². The summed E-state index contributed by atoms with van der Waals surface area (Å²) in [5, 5.41) is 7.09. The van der Waals surface area contributed by atoms with Gasteiger partial charge in [-0.15, -0.1) is 5.10 Å².